The van der Waals surface area contributed by atoms with Crippen LogP contribution < -0.4 is 5.73 Å². The van der Waals surface area contributed by atoms with Crippen LogP contribution in [-0.2, 0) is 0 Å². The number of hydrogen-bond donors (Lipinski definition) is 4. The number of nitrogen functional groups attached to an aromatic ring is 1. The molecular weight excluding hydrogens is 242 g/mol. The van der Waals surface area contributed by atoms with E-state index in [2.05, 4.69) is 0 Å². The van der Waals surface area contributed by atoms with Crippen molar-refractivity contribution in [2.24, 2.45) is 0 Å². The zero-order chi connectivity index (χ0) is 12.6. The molecular formula is C12H10ClNO3. The summed E-state index contributed by atoms with van der Waals surface area (Å²) in [6, 6.07) is 7.02. The summed E-state index contributed by atoms with van der Waals surface area (Å²) in [6.45, 7) is 0. The van der Waals surface area contributed by atoms with E-state index in [1.165, 1.54) is 30.3 Å². The van der Waals surface area contributed by atoms with Crippen molar-refractivity contribution in [2.45, 2.75) is 0 Å². The molecule has 5 N–H and O–H groups in total. The van der Waals surface area contributed by atoms with Gasteiger partial charge in [-0.05, 0) is 30.3 Å². The SMILES string of the molecule is Nc1ccc(O)c(-c2cc(Cl)ccc2O)c1O. The van der Waals surface area contributed by atoms with Crippen LogP contribution in [0.25, 0.3) is 11.1 Å². The predicted octanol–water partition coefficient (Wildman–Crippen LogP) is 2.71. The van der Waals surface area contributed by atoms with Gasteiger partial charge in [-0.1, -0.05) is 11.6 Å². The molecule has 2 rings (SSSR count). The van der Waals surface area contributed by atoms with Crippen molar-refractivity contribution >= 4 is 17.3 Å². The molecule has 88 valence electrons. The fraction of sp³-hybridized carbons (Fsp3) is 0. The highest BCUT2D eigenvalue weighted by Gasteiger charge is 2.16. The van der Waals surface area contributed by atoms with Crippen LogP contribution in [0.3, 0.4) is 0 Å². The largest absolute Gasteiger partial charge is 0.507 e. The molecule has 0 aliphatic rings. The van der Waals surface area contributed by atoms with Crippen LogP contribution in [0.5, 0.6) is 17.2 Å². The maximum Gasteiger partial charge on any atom is 0.150 e. The Morgan fingerprint density at radius 3 is 2.29 bits per heavy atom. The van der Waals surface area contributed by atoms with Crippen LogP contribution in [0.2, 0.25) is 5.02 Å². The van der Waals surface area contributed by atoms with E-state index in [9.17, 15) is 15.3 Å². The molecule has 0 atom stereocenters. The van der Waals surface area contributed by atoms with E-state index in [1.807, 2.05) is 0 Å². The van der Waals surface area contributed by atoms with E-state index in [-0.39, 0.29) is 34.1 Å². The number of aromatic hydroxyl groups is 3. The molecule has 2 aromatic carbocycles. The number of phenols is 3. The van der Waals surface area contributed by atoms with Gasteiger partial charge in [0.05, 0.1) is 11.3 Å². The smallest absolute Gasteiger partial charge is 0.150 e. The van der Waals surface area contributed by atoms with Crippen LogP contribution in [0.4, 0.5) is 5.69 Å². The van der Waals surface area contributed by atoms with Crippen molar-refractivity contribution in [1.29, 1.82) is 0 Å². The van der Waals surface area contributed by atoms with Crippen molar-refractivity contribution in [1.82, 2.24) is 0 Å². The van der Waals surface area contributed by atoms with Crippen molar-refractivity contribution in [3.63, 3.8) is 0 Å². The summed E-state index contributed by atoms with van der Waals surface area (Å²) in [4.78, 5) is 0. The Morgan fingerprint density at radius 1 is 0.941 bits per heavy atom. The summed E-state index contributed by atoms with van der Waals surface area (Å²) in [5.74, 6) is -0.581. The second kappa shape index (κ2) is 4.07. The second-order valence-corrected chi connectivity index (χ2v) is 4.00. The van der Waals surface area contributed by atoms with Gasteiger partial charge in [-0.15, -0.1) is 0 Å². The zero-order valence-corrected chi connectivity index (χ0v) is 9.44. The number of hydrogen-bond acceptors (Lipinski definition) is 4. The van der Waals surface area contributed by atoms with E-state index in [4.69, 9.17) is 17.3 Å². The quantitative estimate of drug-likeness (QED) is 0.357. The van der Waals surface area contributed by atoms with E-state index in [0.717, 1.165) is 0 Å². The van der Waals surface area contributed by atoms with E-state index >= 15 is 0 Å². The lowest BCUT2D eigenvalue weighted by atomic mass is 10.0. The van der Waals surface area contributed by atoms with Crippen molar-refractivity contribution in [2.75, 3.05) is 5.73 Å². The highest BCUT2D eigenvalue weighted by molar-refractivity contribution is 6.31. The number of halogens is 1. The number of benzene rings is 2. The normalized spacial score (nSPS) is 10.4. The average molecular weight is 252 g/mol. The van der Waals surface area contributed by atoms with Crippen LogP contribution in [0, 0.1) is 0 Å². The van der Waals surface area contributed by atoms with Crippen LogP contribution in [0.1, 0.15) is 0 Å². The summed E-state index contributed by atoms with van der Waals surface area (Å²) in [7, 11) is 0. The minimum atomic E-state index is -0.289. The van der Waals surface area contributed by atoms with Crippen LogP contribution in [0.15, 0.2) is 30.3 Å². The third-order valence-electron chi connectivity index (χ3n) is 2.42. The first-order valence-electron chi connectivity index (χ1n) is 4.80. The van der Waals surface area contributed by atoms with Gasteiger partial charge >= 0.3 is 0 Å². The standard InChI is InChI=1S/C12H10ClNO3/c13-6-1-3-9(15)7(5-6)11-10(16)4-2-8(14)12(11)17/h1-5,15-17H,14H2. The van der Waals surface area contributed by atoms with E-state index < -0.39 is 0 Å². The minimum Gasteiger partial charge on any atom is -0.507 e. The van der Waals surface area contributed by atoms with Gasteiger partial charge in [0, 0.05) is 10.6 Å². The molecule has 0 amide bonds. The number of phenolic OH excluding ortho intramolecular Hbond substituents is 3. The Kier molecular flexibility index (Phi) is 2.73. The molecule has 0 aliphatic carbocycles. The van der Waals surface area contributed by atoms with Gasteiger partial charge in [-0.3, -0.25) is 0 Å². The Bertz CT molecular complexity index is 584. The Hall–Kier alpha value is -2.07. The highest BCUT2D eigenvalue weighted by Crippen LogP contribution is 2.44. The lowest BCUT2D eigenvalue weighted by Gasteiger charge is -2.11. The summed E-state index contributed by atoms with van der Waals surface area (Å²) in [5.41, 5.74) is 5.93. The van der Waals surface area contributed by atoms with E-state index in [0.29, 0.717) is 5.02 Å². The number of anilines is 1. The topological polar surface area (TPSA) is 86.7 Å². The van der Waals surface area contributed by atoms with Crippen molar-refractivity contribution in [3.05, 3.63) is 35.4 Å². The predicted molar refractivity (Wildman–Crippen MR) is 66.3 cm³/mol. The van der Waals surface area contributed by atoms with Crippen molar-refractivity contribution < 1.29 is 15.3 Å². The van der Waals surface area contributed by atoms with Gasteiger partial charge in [-0.25, -0.2) is 0 Å². The maximum absolute atomic E-state index is 9.81. The first-order valence-corrected chi connectivity index (χ1v) is 5.18. The summed E-state index contributed by atoms with van der Waals surface area (Å²) in [5, 5.41) is 29.6. The fourth-order valence-electron chi connectivity index (χ4n) is 1.57. The maximum atomic E-state index is 9.81. The molecule has 0 aliphatic heterocycles. The van der Waals surface area contributed by atoms with Crippen LogP contribution in [-0.4, -0.2) is 15.3 Å². The average Bonchev–Trinajstić information content (AvgIpc) is 2.29. The molecule has 0 unspecified atom stereocenters. The molecule has 4 nitrogen and oxygen atoms in total. The van der Waals surface area contributed by atoms with Crippen molar-refractivity contribution in [3.8, 4) is 28.4 Å². The first-order chi connectivity index (χ1) is 8.00. The molecule has 5 heteroatoms. The Morgan fingerprint density at radius 2 is 1.59 bits per heavy atom. The molecule has 0 fully saturated rings. The molecule has 0 saturated heterocycles. The molecule has 0 bridgehead atoms. The third-order valence-corrected chi connectivity index (χ3v) is 2.65. The summed E-state index contributed by atoms with van der Waals surface area (Å²) < 4.78 is 0. The van der Waals surface area contributed by atoms with Gasteiger partial charge in [0.15, 0.2) is 0 Å². The monoisotopic (exact) mass is 251 g/mol. The van der Waals surface area contributed by atoms with Gasteiger partial charge in [0.25, 0.3) is 0 Å². The minimum absolute atomic E-state index is 0.0602. The van der Waals surface area contributed by atoms with Gasteiger partial charge in [-0.2, -0.15) is 0 Å². The lowest BCUT2D eigenvalue weighted by molar-refractivity contribution is 0.451. The summed E-state index contributed by atoms with van der Waals surface area (Å²) >= 11 is 5.81. The molecule has 0 saturated carbocycles. The molecule has 0 spiro atoms. The molecule has 17 heavy (non-hydrogen) atoms. The van der Waals surface area contributed by atoms with Gasteiger partial charge in [0.2, 0.25) is 0 Å². The number of nitrogens with two attached hydrogens (primary N) is 1. The Balaban J connectivity index is 2.76. The molecule has 0 aromatic heterocycles. The lowest BCUT2D eigenvalue weighted by Crippen LogP contribution is -1.89. The van der Waals surface area contributed by atoms with Gasteiger partial charge in [0.1, 0.15) is 17.2 Å². The highest BCUT2D eigenvalue weighted by atomic mass is 35.5. The van der Waals surface area contributed by atoms with E-state index in [1.54, 1.807) is 0 Å². The fourth-order valence-corrected chi connectivity index (χ4v) is 1.74. The van der Waals surface area contributed by atoms with Gasteiger partial charge < -0.3 is 21.1 Å². The number of rotatable bonds is 1. The molecule has 0 heterocycles. The zero-order valence-electron chi connectivity index (χ0n) is 8.68. The molecule has 0 radical (unpaired) electrons. The second-order valence-electron chi connectivity index (χ2n) is 3.56. The first kappa shape index (κ1) is 11.4. The third kappa shape index (κ3) is 1.94. The Labute approximate surface area is 103 Å². The summed E-state index contributed by atoms with van der Waals surface area (Å²) in [6.07, 6.45) is 0. The molecule has 2 aromatic rings. The van der Waals surface area contributed by atoms with Crippen LogP contribution >= 0.6 is 11.6 Å².